The largest absolute Gasteiger partial charge is 0.399 e. The van der Waals surface area contributed by atoms with Gasteiger partial charge in [0.1, 0.15) is 0 Å². The lowest BCUT2D eigenvalue weighted by molar-refractivity contribution is 0.504. The fourth-order valence-electron chi connectivity index (χ4n) is 4.42. The van der Waals surface area contributed by atoms with Crippen LogP contribution in [0.25, 0.3) is 22.2 Å². The third kappa shape index (κ3) is 7.80. The van der Waals surface area contributed by atoms with Crippen LogP contribution in [0.5, 0.6) is 0 Å². The van der Waals surface area contributed by atoms with E-state index in [1.807, 2.05) is 36.4 Å². The van der Waals surface area contributed by atoms with Crippen molar-refractivity contribution < 1.29 is 8.42 Å². The van der Waals surface area contributed by atoms with Gasteiger partial charge in [0.25, 0.3) is 10.0 Å². The predicted molar refractivity (Wildman–Crippen MR) is 170 cm³/mol. The summed E-state index contributed by atoms with van der Waals surface area (Å²) in [4.78, 5) is 9.27. The number of nitrogen functional groups attached to an aromatic ring is 2. The van der Waals surface area contributed by atoms with Gasteiger partial charge in [-0.15, -0.1) is 0 Å². The van der Waals surface area contributed by atoms with E-state index in [4.69, 9.17) is 28.2 Å². The van der Waals surface area contributed by atoms with E-state index in [-0.39, 0.29) is 10.8 Å². The molecule has 11 heteroatoms. The number of nitrogens with zero attached hydrogens (tertiary/aromatic N) is 3. The van der Waals surface area contributed by atoms with Gasteiger partial charge in [0.15, 0.2) is 0 Å². The minimum absolute atomic E-state index is 0.0622. The SMILES string of the molecule is C1CCCCC1.NSc1ccc(N)cc1.Nc1ncc(Cl)c(-c2cn(S(=O)(=O)c3ccccc3)c3ccccc23)n1. The molecule has 0 amide bonds. The van der Waals surface area contributed by atoms with E-state index in [1.54, 1.807) is 42.5 Å². The Bertz CT molecular complexity index is 1660. The van der Waals surface area contributed by atoms with Crippen LogP contribution in [0.15, 0.2) is 101 Å². The summed E-state index contributed by atoms with van der Waals surface area (Å²) in [5.41, 5.74) is 13.4. The number of aromatic nitrogens is 3. The molecule has 2 heterocycles. The maximum Gasteiger partial charge on any atom is 0.268 e. The molecule has 1 saturated carbocycles. The number of para-hydroxylation sites is 1. The van der Waals surface area contributed by atoms with Gasteiger partial charge in [-0.05, 0) is 54.4 Å². The summed E-state index contributed by atoms with van der Waals surface area (Å²) >= 11 is 7.45. The molecule has 2 aromatic heterocycles. The molecule has 3 aromatic carbocycles. The zero-order valence-corrected chi connectivity index (χ0v) is 24.9. The van der Waals surface area contributed by atoms with Crippen molar-refractivity contribution in [3.8, 4) is 11.3 Å². The zero-order chi connectivity index (χ0) is 29.2. The van der Waals surface area contributed by atoms with E-state index < -0.39 is 10.0 Å². The summed E-state index contributed by atoms with van der Waals surface area (Å²) in [7, 11) is -3.78. The van der Waals surface area contributed by atoms with Gasteiger partial charge in [-0.1, -0.05) is 86.5 Å². The molecule has 1 fully saturated rings. The van der Waals surface area contributed by atoms with E-state index in [0.717, 1.165) is 10.6 Å². The predicted octanol–water partition coefficient (Wildman–Crippen LogP) is 7.15. The summed E-state index contributed by atoms with van der Waals surface area (Å²) in [6.45, 7) is 0. The van der Waals surface area contributed by atoms with Crippen LogP contribution in [0.1, 0.15) is 38.5 Å². The van der Waals surface area contributed by atoms with Crippen LogP contribution in [-0.4, -0.2) is 22.4 Å². The second-order valence-electron chi connectivity index (χ2n) is 9.41. The minimum atomic E-state index is -3.78. The van der Waals surface area contributed by atoms with E-state index in [2.05, 4.69) is 9.97 Å². The van der Waals surface area contributed by atoms with Crippen molar-refractivity contribution in [1.29, 1.82) is 0 Å². The van der Waals surface area contributed by atoms with Gasteiger partial charge in [-0.2, -0.15) is 0 Å². The number of hydrogen-bond donors (Lipinski definition) is 3. The topological polar surface area (TPSA) is 143 Å². The van der Waals surface area contributed by atoms with Crippen LogP contribution in [0.4, 0.5) is 11.6 Å². The Morgan fingerprint density at radius 2 is 1.39 bits per heavy atom. The van der Waals surface area contributed by atoms with Crippen molar-refractivity contribution in [1.82, 2.24) is 13.9 Å². The normalized spacial score (nSPS) is 13.0. The van der Waals surface area contributed by atoms with Crippen molar-refractivity contribution >= 4 is 56.1 Å². The van der Waals surface area contributed by atoms with Crippen LogP contribution >= 0.6 is 23.5 Å². The fourth-order valence-corrected chi connectivity index (χ4v) is 6.30. The molecule has 1 aliphatic carbocycles. The first-order chi connectivity index (χ1) is 19.8. The van der Waals surface area contributed by atoms with E-state index in [0.29, 0.717) is 27.2 Å². The standard InChI is InChI=1S/C18H13ClN4O2S.C6H8N2S.C6H12/c19-15-10-21-18(20)22-17(15)14-11-23(16-9-5-4-8-13(14)16)26(24,25)12-6-2-1-3-7-12;7-5-1-3-6(9-8)4-2-5;1-2-4-6-5-3-1/h1-11H,(H2,20,21,22);1-4H,7-8H2;1-6H2. The Labute approximate surface area is 250 Å². The van der Waals surface area contributed by atoms with Crippen LogP contribution in [-0.2, 0) is 10.0 Å². The number of benzene rings is 3. The molecule has 0 radical (unpaired) electrons. The van der Waals surface area contributed by atoms with E-state index >= 15 is 0 Å². The number of hydrogen-bond acceptors (Lipinski definition) is 8. The Hall–Kier alpha value is -3.57. The highest BCUT2D eigenvalue weighted by Gasteiger charge is 2.23. The summed E-state index contributed by atoms with van der Waals surface area (Å²) < 4.78 is 27.5. The lowest BCUT2D eigenvalue weighted by atomic mass is 10.0. The molecule has 0 saturated heterocycles. The fraction of sp³-hybridized carbons (Fsp3) is 0.200. The molecule has 1 aliphatic rings. The van der Waals surface area contributed by atoms with Crippen LogP contribution in [0, 0.1) is 0 Å². The molecule has 8 nitrogen and oxygen atoms in total. The Morgan fingerprint density at radius 1 is 0.805 bits per heavy atom. The summed E-state index contributed by atoms with van der Waals surface area (Å²) in [6.07, 6.45) is 11.9. The molecule has 0 aliphatic heterocycles. The van der Waals surface area contributed by atoms with Gasteiger partial charge in [-0.3, -0.25) is 5.14 Å². The van der Waals surface area contributed by atoms with Gasteiger partial charge >= 0.3 is 0 Å². The molecule has 6 rings (SSSR count). The monoisotopic (exact) mass is 608 g/mol. The maximum atomic E-state index is 13.1. The van der Waals surface area contributed by atoms with Crippen molar-refractivity contribution in [2.75, 3.05) is 11.5 Å². The van der Waals surface area contributed by atoms with Gasteiger partial charge in [0.2, 0.25) is 5.95 Å². The average molecular weight is 609 g/mol. The molecule has 0 unspecified atom stereocenters. The van der Waals surface area contributed by atoms with Crippen LogP contribution in [0.2, 0.25) is 5.02 Å². The highest BCUT2D eigenvalue weighted by Crippen LogP contribution is 2.35. The Morgan fingerprint density at radius 3 is 2.00 bits per heavy atom. The minimum Gasteiger partial charge on any atom is -0.399 e. The van der Waals surface area contributed by atoms with Gasteiger partial charge in [0, 0.05) is 27.7 Å². The highest BCUT2D eigenvalue weighted by atomic mass is 35.5. The van der Waals surface area contributed by atoms with E-state index in [9.17, 15) is 8.42 Å². The first-order valence-electron chi connectivity index (χ1n) is 13.2. The molecule has 41 heavy (non-hydrogen) atoms. The van der Waals surface area contributed by atoms with Gasteiger partial charge in [-0.25, -0.2) is 22.4 Å². The maximum absolute atomic E-state index is 13.1. The second kappa shape index (κ2) is 14.4. The van der Waals surface area contributed by atoms with Crippen LogP contribution < -0.4 is 16.6 Å². The van der Waals surface area contributed by atoms with Crippen molar-refractivity contribution in [2.24, 2.45) is 5.14 Å². The smallest absolute Gasteiger partial charge is 0.268 e. The number of rotatable bonds is 4. The lowest BCUT2D eigenvalue weighted by Gasteiger charge is -2.07. The molecule has 5 aromatic rings. The molecule has 0 spiro atoms. The zero-order valence-electron chi connectivity index (χ0n) is 22.5. The molecule has 214 valence electrons. The Kier molecular flexibility index (Phi) is 10.6. The third-order valence-electron chi connectivity index (χ3n) is 6.51. The third-order valence-corrected chi connectivity index (χ3v) is 9.02. The first kappa shape index (κ1) is 30.4. The van der Waals surface area contributed by atoms with Crippen molar-refractivity contribution in [3.63, 3.8) is 0 Å². The quantitative estimate of drug-likeness (QED) is 0.144. The average Bonchev–Trinajstić information content (AvgIpc) is 3.41. The van der Waals surface area contributed by atoms with Crippen molar-refractivity contribution in [2.45, 2.75) is 48.3 Å². The number of anilines is 2. The first-order valence-corrected chi connectivity index (χ1v) is 15.9. The number of halogens is 1. The number of fused-ring (bicyclic) bond motifs is 1. The molecular formula is C30H33ClN6O2S2. The van der Waals surface area contributed by atoms with Gasteiger partial charge in [0.05, 0.1) is 27.3 Å². The van der Waals surface area contributed by atoms with E-state index in [1.165, 1.54) is 66.8 Å². The van der Waals surface area contributed by atoms with Crippen molar-refractivity contribution in [3.05, 3.63) is 96.3 Å². The molecular weight excluding hydrogens is 576 g/mol. The lowest BCUT2D eigenvalue weighted by Crippen LogP contribution is -2.11. The molecule has 0 atom stereocenters. The highest BCUT2D eigenvalue weighted by molar-refractivity contribution is 7.97. The summed E-state index contributed by atoms with van der Waals surface area (Å²) in [5.74, 6) is 0.0622. The Balaban J connectivity index is 0.000000210. The molecule has 6 N–H and O–H groups in total. The molecule has 0 bridgehead atoms. The summed E-state index contributed by atoms with van der Waals surface area (Å²) in [5, 5.41) is 6.27. The summed E-state index contributed by atoms with van der Waals surface area (Å²) in [6, 6.07) is 22.8. The van der Waals surface area contributed by atoms with Gasteiger partial charge < -0.3 is 11.5 Å². The number of nitrogens with two attached hydrogens (primary N) is 3. The second-order valence-corrected chi connectivity index (χ2v) is 12.3. The van der Waals surface area contributed by atoms with Crippen LogP contribution in [0.3, 0.4) is 0 Å².